The Hall–Kier alpha value is -1.40. The highest BCUT2D eigenvalue weighted by Crippen LogP contribution is 2.25. The van der Waals surface area contributed by atoms with Gasteiger partial charge in [-0.15, -0.1) is 11.3 Å². The van der Waals surface area contributed by atoms with E-state index in [4.69, 9.17) is 4.74 Å². The van der Waals surface area contributed by atoms with Crippen molar-refractivity contribution >= 4 is 38.9 Å². The molecule has 3 nitrogen and oxygen atoms in total. The molecule has 0 unspecified atom stereocenters. The van der Waals surface area contributed by atoms with Crippen LogP contribution in [0.15, 0.2) is 34.1 Å². The van der Waals surface area contributed by atoms with E-state index >= 15 is 0 Å². The Morgan fingerprint density at radius 2 is 2.17 bits per heavy atom. The lowest BCUT2D eigenvalue weighted by molar-refractivity contribution is 0.103. The maximum atomic E-state index is 13.5. The van der Waals surface area contributed by atoms with E-state index in [1.54, 1.807) is 12.1 Å². The summed E-state index contributed by atoms with van der Waals surface area (Å²) < 4.78 is 19.3. The maximum absolute atomic E-state index is 13.5. The minimum atomic E-state index is -0.500. The van der Waals surface area contributed by atoms with Crippen LogP contribution >= 0.6 is 27.3 Å². The molecule has 0 spiro atoms. The molecule has 94 valence electrons. The Kier molecular flexibility index (Phi) is 3.98. The summed E-state index contributed by atoms with van der Waals surface area (Å²) in [5.74, 6) is -0.364. The zero-order valence-electron chi connectivity index (χ0n) is 9.37. The standard InChI is InChI=1S/C12H9BrFNO2S/c1-17-7-2-3-8(14)9(6-7)15-12(16)10-4-5-11(13)18-10/h2-6H,1H3,(H,15,16). The first-order valence-electron chi connectivity index (χ1n) is 5.00. The molecule has 0 saturated heterocycles. The molecule has 0 fully saturated rings. The second-order valence-corrected chi connectivity index (χ2v) is 5.87. The average Bonchev–Trinajstić information content (AvgIpc) is 2.79. The molecule has 2 aromatic rings. The summed E-state index contributed by atoms with van der Waals surface area (Å²) in [4.78, 5) is 12.4. The van der Waals surface area contributed by atoms with Gasteiger partial charge in [0.1, 0.15) is 11.6 Å². The fourth-order valence-corrected chi connectivity index (χ4v) is 2.63. The third-order valence-corrected chi connectivity index (χ3v) is 3.84. The van der Waals surface area contributed by atoms with Crippen molar-refractivity contribution < 1.29 is 13.9 Å². The number of amides is 1. The first kappa shape index (κ1) is 13.0. The lowest BCUT2D eigenvalue weighted by atomic mass is 10.2. The average molecular weight is 330 g/mol. The minimum Gasteiger partial charge on any atom is -0.497 e. The molecule has 18 heavy (non-hydrogen) atoms. The number of anilines is 1. The SMILES string of the molecule is COc1ccc(F)c(NC(=O)c2ccc(Br)s2)c1. The molecular formula is C12H9BrFNO2S. The number of ether oxygens (including phenoxy) is 1. The van der Waals surface area contributed by atoms with Gasteiger partial charge in [-0.1, -0.05) is 0 Å². The van der Waals surface area contributed by atoms with E-state index < -0.39 is 5.82 Å². The van der Waals surface area contributed by atoms with Gasteiger partial charge in [0.2, 0.25) is 0 Å². The Balaban J connectivity index is 2.21. The normalized spacial score (nSPS) is 10.2. The fraction of sp³-hybridized carbons (Fsp3) is 0.0833. The van der Waals surface area contributed by atoms with Crippen molar-refractivity contribution in [2.75, 3.05) is 12.4 Å². The molecular weight excluding hydrogens is 321 g/mol. The molecule has 6 heteroatoms. The van der Waals surface area contributed by atoms with Crippen LogP contribution in [0.25, 0.3) is 0 Å². The van der Waals surface area contributed by atoms with Gasteiger partial charge in [0.15, 0.2) is 0 Å². The van der Waals surface area contributed by atoms with Crippen molar-refractivity contribution in [2.24, 2.45) is 0 Å². The van der Waals surface area contributed by atoms with Gasteiger partial charge in [0.25, 0.3) is 5.91 Å². The summed E-state index contributed by atoms with van der Waals surface area (Å²) in [5, 5.41) is 2.51. The monoisotopic (exact) mass is 329 g/mol. The zero-order chi connectivity index (χ0) is 13.1. The number of nitrogens with one attached hydrogen (secondary N) is 1. The molecule has 0 aliphatic carbocycles. The first-order valence-corrected chi connectivity index (χ1v) is 6.61. The summed E-state index contributed by atoms with van der Waals surface area (Å²) in [6, 6.07) is 7.62. The van der Waals surface area contributed by atoms with Crippen molar-refractivity contribution in [1.82, 2.24) is 0 Å². The zero-order valence-corrected chi connectivity index (χ0v) is 11.8. The van der Waals surface area contributed by atoms with Gasteiger partial charge < -0.3 is 10.1 Å². The lowest BCUT2D eigenvalue weighted by Crippen LogP contribution is -2.11. The topological polar surface area (TPSA) is 38.3 Å². The Morgan fingerprint density at radius 1 is 1.39 bits per heavy atom. The van der Waals surface area contributed by atoms with E-state index in [-0.39, 0.29) is 11.6 Å². The third kappa shape index (κ3) is 2.88. The van der Waals surface area contributed by atoms with E-state index in [1.807, 2.05) is 0 Å². The molecule has 0 bridgehead atoms. The van der Waals surface area contributed by atoms with E-state index in [0.717, 1.165) is 3.79 Å². The van der Waals surface area contributed by atoms with Gasteiger partial charge in [0.05, 0.1) is 21.5 Å². The predicted molar refractivity (Wildman–Crippen MR) is 72.9 cm³/mol. The van der Waals surface area contributed by atoms with Gasteiger partial charge in [-0.2, -0.15) is 0 Å². The highest BCUT2D eigenvalue weighted by Gasteiger charge is 2.12. The number of carbonyl (C=O) groups is 1. The number of hydrogen-bond acceptors (Lipinski definition) is 3. The van der Waals surface area contributed by atoms with Crippen molar-refractivity contribution in [3.05, 3.63) is 44.8 Å². The van der Waals surface area contributed by atoms with Crippen molar-refractivity contribution in [2.45, 2.75) is 0 Å². The molecule has 1 heterocycles. The highest BCUT2D eigenvalue weighted by molar-refractivity contribution is 9.11. The summed E-state index contributed by atoms with van der Waals surface area (Å²) in [5.41, 5.74) is 0.101. The van der Waals surface area contributed by atoms with E-state index in [0.29, 0.717) is 10.6 Å². The molecule has 0 aliphatic rings. The van der Waals surface area contributed by atoms with Gasteiger partial charge in [-0.3, -0.25) is 4.79 Å². The van der Waals surface area contributed by atoms with Crippen LogP contribution in [0.5, 0.6) is 5.75 Å². The summed E-state index contributed by atoms with van der Waals surface area (Å²) >= 11 is 4.55. The smallest absolute Gasteiger partial charge is 0.265 e. The molecule has 1 N–H and O–H groups in total. The molecule has 2 rings (SSSR count). The number of hydrogen-bond donors (Lipinski definition) is 1. The van der Waals surface area contributed by atoms with Crippen LogP contribution in [0.3, 0.4) is 0 Å². The van der Waals surface area contributed by atoms with Crippen LogP contribution in [0.4, 0.5) is 10.1 Å². The van der Waals surface area contributed by atoms with E-state index in [1.165, 1.54) is 36.6 Å². The summed E-state index contributed by atoms with van der Waals surface area (Å²) in [6.45, 7) is 0. The van der Waals surface area contributed by atoms with Crippen LogP contribution in [-0.2, 0) is 0 Å². The highest BCUT2D eigenvalue weighted by atomic mass is 79.9. The second-order valence-electron chi connectivity index (χ2n) is 3.40. The maximum Gasteiger partial charge on any atom is 0.265 e. The lowest BCUT2D eigenvalue weighted by Gasteiger charge is -2.07. The van der Waals surface area contributed by atoms with Crippen LogP contribution < -0.4 is 10.1 Å². The van der Waals surface area contributed by atoms with Gasteiger partial charge >= 0.3 is 0 Å². The first-order chi connectivity index (χ1) is 8.60. The molecule has 1 amide bonds. The largest absolute Gasteiger partial charge is 0.497 e. The summed E-state index contributed by atoms with van der Waals surface area (Å²) in [7, 11) is 1.48. The third-order valence-electron chi connectivity index (χ3n) is 2.22. The van der Waals surface area contributed by atoms with Crippen molar-refractivity contribution in [3.8, 4) is 5.75 Å². The van der Waals surface area contributed by atoms with E-state index in [2.05, 4.69) is 21.2 Å². The molecule has 1 aromatic heterocycles. The number of halogens is 2. The minimum absolute atomic E-state index is 0.101. The number of thiophene rings is 1. The van der Waals surface area contributed by atoms with Crippen LogP contribution in [-0.4, -0.2) is 13.0 Å². The van der Waals surface area contributed by atoms with Crippen LogP contribution in [0, 0.1) is 5.82 Å². The molecule has 0 aliphatic heterocycles. The Morgan fingerprint density at radius 3 is 2.78 bits per heavy atom. The quantitative estimate of drug-likeness (QED) is 0.927. The van der Waals surface area contributed by atoms with Crippen molar-refractivity contribution in [3.63, 3.8) is 0 Å². The number of methoxy groups -OCH3 is 1. The van der Waals surface area contributed by atoms with E-state index in [9.17, 15) is 9.18 Å². The second kappa shape index (κ2) is 5.49. The number of benzene rings is 1. The predicted octanol–water partition coefficient (Wildman–Crippen LogP) is 3.91. The Bertz CT molecular complexity index is 585. The van der Waals surface area contributed by atoms with Gasteiger partial charge in [0, 0.05) is 6.07 Å². The molecule has 0 atom stereocenters. The van der Waals surface area contributed by atoms with Crippen molar-refractivity contribution in [1.29, 1.82) is 0 Å². The van der Waals surface area contributed by atoms with Crippen LogP contribution in [0.2, 0.25) is 0 Å². The van der Waals surface area contributed by atoms with Crippen LogP contribution in [0.1, 0.15) is 9.67 Å². The number of carbonyl (C=O) groups excluding carboxylic acids is 1. The van der Waals surface area contributed by atoms with Gasteiger partial charge in [-0.05, 0) is 40.2 Å². The fourth-order valence-electron chi connectivity index (χ4n) is 1.35. The Labute approximate surface area is 116 Å². The van der Waals surface area contributed by atoms with Gasteiger partial charge in [-0.25, -0.2) is 4.39 Å². The molecule has 0 radical (unpaired) electrons. The molecule has 1 aromatic carbocycles. The molecule has 0 saturated carbocycles. The number of rotatable bonds is 3. The summed E-state index contributed by atoms with van der Waals surface area (Å²) in [6.07, 6.45) is 0.